The van der Waals surface area contributed by atoms with E-state index < -0.39 is 10.0 Å². The van der Waals surface area contributed by atoms with Gasteiger partial charge in [-0.25, -0.2) is 12.7 Å². The zero-order valence-corrected chi connectivity index (χ0v) is 16.4. The van der Waals surface area contributed by atoms with E-state index in [0.717, 1.165) is 18.4 Å². The minimum Gasteiger partial charge on any atom is -0.337 e. The van der Waals surface area contributed by atoms with Crippen molar-refractivity contribution in [3.63, 3.8) is 0 Å². The van der Waals surface area contributed by atoms with Gasteiger partial charge in [0.25, 0.3) is 5.91 Å². The van der Waals surface area contributed by atoms with Crippen LogP contribution in [0.1, 0.15) is 35.7 Å². The number of nitrogens with zero attached hydrogens (tertiary/aromatic N) is 2. The average molecular weight is 375 g/mol. The maximum atomic E-state index is 12.7. The van der Waals surface area contributed by atoms with E-state index in [4.69, 9.17) is 0 Å². The van der Waals surface area contributed by atoms with Gasteiger partial charge in [-0.3, -0.25) is 4.79 Å². The van der Waals surface area contributed by atoms with Gasteiger partial charge in [-0.2, -0.15) is 0 Å². The highest BCUT2D eigenvalue weighted by Crippen LogP contribution is 2.18. The van der Waals surface area contributed by atoms with Crippen molar-refractivity contribution in [1.29, 1.82) is 0 Å². The first-order valence-corrected chi connectivity index (χ1v) is 10.2. The van der Waals surface area contributed by atoms with Gasteiger partial charge in [0.1, 0.15) is 0 Å². The summed E-state index contributed by atoms with van der Waals surface area (Å²) in [5.74, 6) is -0.206. The molecular weight excluding hydrogens is 348 g/mol. The summed E-state index contributed by atoms with van der Waals surface area (Å²) in [7, 11) is -0.307. The fraction of sp³-hybridized carbons (Fsp3) is 0.350. The van der Waals surface area contributed by atoms with Crippen molar-refractivity contribution in [1.82, 2.24) is 9.21 Å². The Bertz CT molecular complexity index is 835. The van der Waals surface area contributed by atoms with E-state index in [2.05, 4.69) is 0 Å². The Morgan fingerprint density at radius 3 is 2.35 bits per heavy atom. The average Bonchev–Trinajstić information content (AvgIpc) is 2.66. The van der Waals surface area contributed by atoms with Gasteiger partial charge in [0.2, 0.25) is 10.0 Å². The van der Waals surface area contributed by atoms with Crippen LogP contribution in [0, 0.1) is 0 Å². The van der Waals surface area contributed by atoms with E-state index in [1.54, 1.807) is 31.1 Å². The molecule has 2 rings (SSSR count). The summed E-state index contributed by atoms with van der Waals surface area (Å²) < 4.78 is 26.7. The Morgan fingerprint density at radius 1 is 1.00 bits per heavy atom. The largest absolute Gasteiger partial charge is 0.337 e. The van der Waals surface area contributed by atoms with Crippen molar-refractivity contribution in [2.24, 2.45) is 0 Å². The number of hydrogen-bond donors (Lipinski definition) is 0. The minimum atomic E-state index is -3.59. The summed E-state index contributed by atoms with van der Waals surface area (Å²) in [6.45, 7) is 2.94. The summed E-state index contributed by atoms with van der Waals surface area (Å²) in [4.78, 5) is 14.4. The highest BCUT2D eigenvalue weighted by atomic mass is 32.2. The van der Waals surface area contributed by atoms with Crippen LogP contribution in [0.25, 0.3) is 0 Å². The fourth-order valence-electron chi connectivity index (χ4n) is 2.62. The summed E-state index contributed by atoms with van der Waals surface area (Å²) in [5, 5.41) is 0. The van der Waals surface area contributed by atoms with Crippen molar-refractivity contribution >= 4 is 15.9 Å². The molecule has 0 aliphatic rings. The Kier molecular flexibility index (Phi) is 6.94. The highest BCUT2D eigenvalue weighted by molar-refractivity contribution is 7.89. The van der Waals surface area contributed by atoms with Crippen LogP contribution in [-0.2, 0) is 16.6 Å². The molecular formula is C20H26N2O3S. The standard InChI is InChI=1S/C20H26N2O3S/c1-4-5-14-22(3)26(24,25)19-13-9-12-18(15-19)20(23)21(2)16-17-10-7-6-8-11-17/h6-13,15H,4-5,14,16H2,1-3H3. The van der Waals surface area contributed by atoms with Crippen LogP contribution in [0.5, 0.6) is 0 Å². The number of rotatable bonds is 8. The molecule has 2 aromatic carbocycles. The Hall–Kier alpha value is -2.18. The van der Waals surface area contributed by atoms with Gasteiger partial charge in [0.05, 0.1) is 4.90 Å². The molecule has 0 atom stereocenters. The predicted octanol–water partition coefficient (Wildman–Crippen LogP) is 3.38. The molecule has 140 valence electrons. The van der Waals surface area contributed by atoms with Gasteiger partial charge in [-0.15, -0.1) is 0 Å². The van der Waals surface area contributed by atoms with Gasteiger partial charge in [0, 0.05) is 32.7 Å². The molecule has 0 heterocycles. The van der Waals surface area contributed by atoms with Crippen LogP contribution in [0.2, 0.25) is 0 Å². The van der Waals surface area contributed by atoms with Gasteiger partial charge in [-0.1, -0.05) is 49.7 Å². The molecule has 6 heteroatoms. The molecule has 5 nitrogen and oxygen atoms in total. The maximum absolute atomic E-state index is 12.7. The second-order valence-corrected chi connectivity index (χ2v) is 8.40. The highest BCUT2D eigenvalue weighted by Gasteiger charge is 2.22. The first-order chi connectivity index (χ1) is 12.4. The van der Waals surface area contributed by atoms with E-state index in [-0.39, 0.29) is 10.8 Å². The molecule has 1 amide bonds. The first-order valence-electron chi connectivity index (χ1n) is 8.72. The Morgan fingerprint density at radius 2 is 1.69 bits per heavy atom. The third kappa shape index (κ3) is 4.93. The second-order valence-electron chi connectivity index (χ2n) is 6.35. The molecule has 26 heavy (non-hydrogen) atoms. The minimum absolute atomic E-state index is 0.148. The number of unbranched alkanes of at least 4 members (excludes halogenated alkanes) is 1. The molecule has 0 saturated carbocycles. The number of carbonyl (C=O) groups excluding carboxylic acids is 1. The number of amides is 1. The zero-order chi connectivity index (χ0) is 19.2. The molecule has 2 aromatic rings. The third-order valence-electron chi connectivity index (χ3n) is 4.22. The molecule has 0 aliphatic carbocycles. The van der Waals surface area contributed by atoms with E-state index in [1.165, 1.54) is 16.4 Å². The summed E-state index contributed by atoms with van der Waals surface area (Å²) in [5.41, 5.74) is 1.39. The summed E-state index contributed by atoms with van der Waals surface area (Å²) >= 11 is 0. The van der Waals surface area contributed by atoms with E-state index in [0.29, 0.717) is 18.7 Å². The van der Waals surface area contributed by atoms with Crippen LogP contribution in [0.4, 0.5) is 0 Å². The monoisotopic (exact) mass is 374 g/mol. The van der Waals surface area contributed by atoms with E-state index in [9.17, 15) is 13.2 Å². The lowest BCUT2D eigenvalue weighted by Crippen LogP contribution is -2.29. The molecule has 0 aliphatic heterocycles. The van der Waals surface area contributed by atoms with Crippen LogP contribution < -0.4 is 0 Å². The van der Waals surface area contributed by atoms with Gasteiger partial charge in [0.15, 0.2) is 0 Å². The summed E-state index contributed by atoms with van der Waals surface area (Å²) in [6.07, 6.45) is 1.72. The van der Waals surface area contributed by atoms with Crippen LogP contribution in [-0.4, -0.2) is 44.2 Å². The van der Waals surface area contributed by atoms with Crippen molar-refractivity contribution in [2.45, 2.75) is 31.2 Å². The lowest BCUT2D eigenvalue weighted by Gasteiger charge is -2.19. The van der Waals surface area contributed by atoms with E-state index in [1.807, 2.05) is 37.3 Å². The van der Waals surface area contributed by atoms with Gasteiger partial charge >= 0.3 is 0 Å². The molecule has 0 spiro atoms. The van der Waals surface area contributed by atoms with Gasteiger partial charge in [-0.05, 0) is 30.2 Å². The molecule has 0 unspecified atom stereocenters. The smallest absolute Gasteiger partial charge is 0.253 e. The second kappa shape index (κ2) is 8.96. The van der Waals surface area contributed by atoms with Crippen molar-refractivity contribution in [2.75, 3.05) is 20.6 Å². The van der Waals surface area contributed by atoms with Crippen molar-refractivity contribution < 1.29 is 13.2 Å². The molecule has 0 aromatic heterocycles. The maximum Gasteiger partial charge on any atom is 0.253 e. The molecule has 0 fully saturated rings. The van der Waals surface area contributed by atoms with Crippen LogP contribution in [0.15, 0.2) is 59.5 Å². The first kappa shape index (κ1) is 20.1. The van der Waals surface area contributed by atoms with Gasteiger partial charge < -0.3 is 4.90 Å². The topological polar surface area (TPSA) is 57.7 Å². The number of hydrogen-bond acceptors (Lipinski definition) is 3. The van der Waals surface area contributed by atoms with Crippen molar-refractivity contribution in [3.05, 3.63) is 65.7 Å². The normalized spacial score (nSPS) is 11.5. The third-order valence-corrected chi connectivity index (χ3v) is 6.08. The Balaban J connectivity index is 2.18. The lowest BCUT2D eigenvalue weighted by molar-refractivity contribution is 0.0785. The SMILES string of the molecule is CCCCN(C)S(=O)(=O)c1cccc(C(=O)N(C)Cc2ccccc2)c1. The van der Waals surface area contributed by atoms with Crippen LogP contribution >= 0.6 is 0 Å². The number of sulfonamides is 1. The van der Waals surface area contributed by atoms with E-state index >= 15 is 0 Å². The predicted molar refractivity (Wildman–Crippen MR) is 103 cm³/mol. The molecule has 0 N–H and O–H groups in total. The number of benzene rings is 2. The summed E-state index contributed by atoms with van der Waals surface area (Å²) in [6, 6.07) is 15.9. The Labute approximate surface area is 156 Å². The molecule has 0 radical (unpaired) electrons. The lowest BCUT2D eigenvalue weighted by atomic mass is 10.1. The zero-order valence-electron chi connectivity index (χ0n) is 15.6. The quantitative estimate of drug-likeness (QED) is 0.712. The number of carbonyl (C=O) groups is 1. The van der Waals surface area contributed by atoms with Crippen LogP contribution in [0.3, 0.4) is 0 Å². The molecule has 0 saturated heterocycles. The fourth-order valence-corrected chi connectivity index (χ4v) is 3.88. The molecule has 0 bridgehead atoms. The van der Waals surface area contributed by atoms with Crippen molar-refractivity contribution in [3.8, 4) is 0 Å².